The van der Waals surface area contributed by atoms with Gasteiger partial charge >= 0.3 is 0 Å². The van der Waals surface area contributed by atoms with Crippen LogP contribution in [0.1, 0.15) is 18.1 Å². The van der Waals surface area contributed by atoms with Crippen molar-refractivity contribution < 1.29 is 32.6 Å². The van der Waals surface area contributed by atoms with E-state index in [0.29, 0.717) is 51.2 Å². The number of hydrogen-bond acceptors (Lipinski definition) is 6. The number of thioether (sulfide) groups is 1. The van der Waals surface area contributed by atoms with Crippen molar-refractivity contribution in [2.45, 2.75) is 13.5 Å². The predicted molar refractivity (Wildman–Crippen MR) is 144 cm³/mol. The fourth-order valence-corrected chi connectivity index (χ4v) is 4.93. The maximum absolute atomic E-state index is 13.5. The number of halogens is 3. The Morgan fingerprint density at radius 3 is 2.53 bits per heavy atom. The van der Waals surface area contributed by atoms with E-state index >= 15 is 0 Å². The zero-order valence-electron chi connectivity index (χ0n) is 20.0. The van der Waals surface area contributed by atoms with Crippen LogP contribution < -0.4 is 14.8 Å². The molecule has 0 saturated carbocycles. The normalized spacial score (nSPS) is 14.2. The summed E-state index contributed by atoms with van der Waals surface area (Å²) in [4.78, 5) is 38.7. The summed E-state index contributed by atoms with van der Waals surface area (Å²) in [5.41, 5.74) is 1.53. The summed E-state index contributed by atoms with van der Waals surface area (Å²) < 4.78 is 38.7. The summed E-state index contributed by atoms with van der Waals surface area (Å²) in [7, 11) is 0. The Hall–Kier alpha value is -3.70. The van der Waals surface area contributed by atoms with Crippen molar-refractivity contribution in [3.63, 3.8) is 0 Å². The average Bonchev–Trinajstić information content (AvgIpc) is 3.12. The lowest BCUT2D eigenvalue weighted by Gasteiger charge is -2.15. The minimum absolute atomic E-state index is 0.106. The van der Waals surface area contributed by atoms with E-state index in [1.54, 1.807) is 31.2 Å². The first kappa shape index (κ1) is 27.3. The number of ether oxygens (including phenoxy) is 2. The molecule has 1 fully saturated rings. The minimum atomic E-state index is -0.616. The lowest BCUT2D eigenvalue weighted by Crippen LogP contribution is -2.36. The molecular weight excluding hydrogens is 582 g/mol. The molecule has 0 unspecified atom stereocenters. The molecule has 1 aliphatic rings. The van der Waals surface area contributed by atoms with Crippen molar-refractivity contribution in [1.29, 1.82) is 0 Å². The molecule has 0 aromatic heterocycles. The molecule has 3 aromatic carbocycles. The first-order valence-corrected chi connectivity index (χ1v) is 13.0. The van der Waals surface area contributed by atoms with E-state index in [1.807, 2.05) is 0 Å². The number of benzene rings is 3. The Kier molecular flexibility index (Phi) is 8.80. The quantitative estimate of drug-likeness (QED) is 0.286. The molecule has 38 heavy (non-hydrogen) atoms. The van der Waals surface area contributed by atoms with Gasteiger partial charge in [0.25, 0.3) is 11.1 Å². The number of nitrogens with zero attached hydrogens (tertiary/aromatic N) is 1. The molecule has 0 spiro atoms. The highest BCUT2D eigenvalue weighted by Gasteiger charge is 2.36. The molecule has 0 radical (unpaired) electrons. The van der Waals surface area contributed by atoms with Crippen LogP contribution in [-0.2, 0) is 16.2 Å². The molecule has 7 nitrogen and oxygen atoms in total. The molecule has 1 saturated heterocycles. The van der Waals surface area contributed by atoms with Gasteiger partial charge in [-0.05, 0) is 100 Å². The molecule has 1 N–H and O–H groups in total. The lowest BCUT2D eigenvalue weighted by atomic mass is 10.1. The summed E-state index contributed by atoms with van der Waals surface area (Å²) in [5.74, 6) is -1.24. The van der Waals surface area contributed by atoms with Crippen LogP contribution in [-0.4, -0.2) is 35.1 Å². The highest BCUT2D eigenvalue weighted by atomic mass is 79.9. The summed E-state index contributed by atoms with van der Waals surface area (Å²) in [6, 6.07) is 14.5. The van der Waals surface area contributed by atoms with Gasteiger partial charge in [-0.25, -0.2) is 8.78 Å². The summed E-state index contributed by atoms with van der Waals surface area (Å²) in [5, 5.41) is 1.94. The van der Waals surface area contributed by atoms with Gasteiger partial charge in [0.15, 0.2) is 11.5 Å². The van der Waals surface area contributed by atoms with Crippen LogP contribution >= 0.6 is 27.7 Å². The first-order chi connectivity index (χ1) is 18.2. The Morgan fingerprint density at radius 2 is 1.82 bits per heavy atom. The predicted octanol–water partition coefficient (Wildman–Crippen LogP) is 6.38. The fraction of sp³-hybridized carbons (Fsp3) is 0.148. The fourth-order valence-electron chi connectivity index (χ4n) is 3.52. The van der Waals surface area contributed by atoms with Crippen LogP contribution in [0.5, 0.6) is 11.5 Å². The zero-order valence-corrected chi connectivity index (χ0v) is 22.4. The van der Waals surface area contributed by atoms with Gasteiger partial charge in [0.2, 0.25) is 5.91 Å². The van der Waals surface area contributed by atoms with Crippen LogP contribution in [0.2, 0.25) is 0 Å². The van der Waals surface area contributed by atoms with E-state index in [1.165, 1.54) is 42.5 Å². The zero-order chi connectivity index (χ0) is 27.2. The van der Waals surface area contributed by atoms with Crippen molar-refractivity contribution in [2.24, 2.45) is 0 Å². The Morgan fingerprint density at radius 1 is 1.05 bits per heavy atom. The van der Waals surface area contributed by atoms with Gasteiger partial charge in [0, 0.05) is 5.69 Å². The van der Waals surface area contributed by atoms with Crippen LogP contribution in [0.3, 0.4) is 0 Å². The van der Waals surface area contributed by atoms with Crippen molar-refractivity contribution >= 4 is 56.5 Å². The van der Waals surface area contributed by atoms with E-state index in [4.69, 9.17) is 9.47 Å². The number of carbonyl (C=O) groups is 3. The Labute approximate surface area is 229 Å². The summed E-state index contributed by atoms with van der Waals surface area (Å²) in [6.45, 7) is 1.76. The largest absolute Gasteiger partial charge is 0.490 e. The van der Waals surface area contributed by atoms with Crippen molar-refractivity contribution in [2.75, 3.05) is 18.5 Å². The highest BCUT2D eigenvalue weighted by Crippen LogP contribution is 2.39. The van der Waals surface area contributed by atoms with Crippen molar-refractivity contribution in [1.82, 2.24) is 4.90 Å². The van der Waals surface area contributed by atoms with Gasteiger partial charge in [-0.1, -0.05) is 12.1 Å². The van der Waals surface area contributed by atoms with Gasteiger partial charge < -0.3 is 14.8 Å². The van der Waals surface area contributed by atoms with Gasteiger partial charge in [0.1, 0.15) is 24.8 Å². The number of imide groups is 1. The average molecular weight is 603 g/mol. The van der Waals surface area contributed by atoms with Crippen LogP contribution in [0.4, 0.5) is 19.3 Å². The number of nitrogens with one attached hydrogen (secondary N) is 1. The number of carbonyl (C=O) groups excluding carboxylic acids is 3. The smallest absolute Gasteiger partial charge is 0.294 e. The summed E-state index contributed by atoms with van der Waals surface area (Å²) in [6.07, 6.45) is 1.52. The highest BCUT2D eigenvalue weighted by molar-refractivity contribution is 9.10. The molecule has 3 amide bonds. The van der Waals surface area contributed by atoms with Crippen LogP contribution in [0, 0.1) is 11.6 Å². The van der Waals surface area contributed by atoms with E-state index < -0.39 is 29.4 Å². The minimum Gasteiger partial charge on any atom is -0.490 e. The number of anilines is 1. The molecule has 0 bridgehead atoms. The van der Waals surface area contributed by atoms with E-state index in [0.717, 1.165) is 4.90 Å². The van der Waals surface area contributed by atoms with E-state index in [-0.39, 0.29) is 17.3 Å². The first-order valence-electron chi connectivity index (χ1n) is 11.4. The molecule has 4 rings (SSSR count). The Bertz CT molecular complexity index is 1420. The molecule has 11 heteroatoms. The van der Waals surface area contributed by atoms with Gasteiger partial charge in [-0.2, -0.15) is 0 Å². The molecule has 1 heterocycles. The molecule has 196 valence electrons. The monoisotopic (exact) mass is 602 g/mol. The standard InChI is InChI=1S/C27H21BrF2N2O5S/c1-2-36-22-12-17(11-21(28)25(22)37-15-16-4-3-5-19(30)10-16)13-23-26(34)32(27(35)38-23)14-24(33)31-20-8-6-18(29)7-9-20/h3-13H,2,14-15H2,1H3,(H,31,33)/b23-13-. The van der Waals surface area contributed by atoms with Crippen molar-refractivity contribution in [3.8, 4) is 11.5 Å². The molecule has 0 atom stereocenters. The topological polar surface area (TPSA) is 84.9 Å². The van der Waals surface area contributed by atoms with Crippen molar-refractivity contribution in [3.05, 3.63) is 92.8 Å². The van der Waals surface area contributed by atoms with E-state index in [9.17, 15) is 23.2 Å². The summed E-state index contributed by atoms with van der Waals surface area (Å²) >= 11 is 4.17. The maximum Gasteiger partial charge on any atom is 0.294 e. The molecule has 1 aliphatic heterocycles. The third kappa shape index (κ3) is 6.78. The maximum atomic E-state index is 13.5. The van der Waals surface area contributed by atoms with Gasteiger partial charge in [-0.15, -0.1) is 0 Å². The van der Waals surface area contributed by atoms with Gasteiger partial charge in [0.05, 0.1) is 16.0 Å². The number of amides is 3. The molecule has 3 aromatic rings. The third-order valence-corrected chi connectivity index (χ3v) is 6.70. The number of rotatable bonds is 9. The molecular formula is C27H21BrF2N2O5S. The Balaban J connectivity index is 1.48. The third-order valence-electron chi connectivity index (χ3n) is 5.20. The second-order valence-electron chi connectivity index (χ2n) is 8.00. The van der Waals surface area contributed by atoms with Gasteiger partial charge in [-0.3, -0.25) is 19.3 Å². The van der Waals surface area contributed by atoms with E-state index in [2.05, 4.69) is 21.2 Å². The second kappa shape index (κ2) is 12.2. The second-order valence-corrected chi connectivity index (χ2v) is 9.85. The lowest BCUT2D eigenvalue weighted by molar-refractivity contribution is -0.127. The molecule has 0 aliphatic carbocycles. The van der Waals surface area contributed by atoms with Crippen LogP contribution in [0.15, 0.2) is 70.0 Å². The van der Waals surface area contributed by atoms with Crippen LogP contribution in [0.25, 0.3) is 6.08 Å². The number of hydrogen-bond donors (Lipinski definition) is 1. The SMILES string of the molecule is CCOc1cc(/C=C2\SC(=O)N(CC(=O)Nc3ccc(F)cc3)C2=O)cc(Br)c1OCc1cccc(F)c1.